The lowest BCUT2D eigenvalue weighted by molar-refractivity contribution is -0.384. The van der Waals surface area contributed by atoms with Crippen molar-refractivity contribution in [2.24, 2.45) is 11.7 Å². The molecule has 0 atom stereocenters. The van der Waals surface area contributed by atoms with Gasteiger partial charge in [-0.05, 0) is 31.7 Å². The zero-order chi connectivity index (χ0) is 15.4. The Labute approximate surface area is 122 Å². The lowest BCUT2D eigenvalue weighted by Crippen LogP contribution is -2.34. The van der Waals surface area contributed by atoms with E-state index in [1.165, 1.54) is 13.2 Å². The maximum atomic E-state index is 13.7. The highest BCUT2D eigenvalue weighted by Gasteiger charge is 2.26. The van der Waals surface area contributed by atoms with Crippen LogP contribution in [0.5, 0.6) is 5.75 Å². The first-order valence-electron chi connectivity index (χ1n) is 7.03. The molecule has 0 amide bonds. The minimum Gasteiger partial charge on any atom is -0.494 e. The van der Waals surface area contributed by atoms with Crippen molar-refractivity contribution < 1.29 is 14.1 Å². The van der Waals surface area contributed by atoms with E-state index in [0.29, 0.717) is 31.2 Å². The molecule has 7 heteroatoms. The number of nitro benzene ring substituents is 1. The van der Waals surface area contributed by atoms with E-state index < -0.39 is 10.7 Å². The van der Waals surface area contributed by atoms with Crippen LogP contribution >= 0.6 is 0 Å². The van der Waals surface area contributed by atoms with E-state index in [1.807, 2.05) is 4.90 Å². The van der Waals surface area contributed by atoms with E-state index in [1.54, 1.807) is 0 Å². The number of hydrogen-bond acceptors (Lipinski definition) is 5. The number of rotatable bonds is 5. The van der Waals surface area contributed by atoms with Gasteiger partial charge in [0.15, 0.2) is 11.6 Å². The molecule has 0 saturated carbocycles. The van der Waals surface area contributed by atoms with Crippen molar-refractivity contribution >= 4 is 11.4 Å². The molecule has 6 nitrogen and oxygen atoms in total. The Morgan fingerprint density at radius 2 is 2.14 bits per heavy atom. The number of methoxy groups -OCH3 is 1. The van der Waals surface area contributed by atoms with E-state index in [2.05, 4.69) is 0 Å². The van der Waals surface area contributed by atoms with E-state index in [-0.39, 0.29) is 11.4 Å². The molecule has 0 radical (unpaired) electrons. The molecule has 116 valence electrons. The number of halogens is 1. The Hall–Kier alpha value is -1.89. The highest BCUT2D eigenvalue weighted by molar-refractivity contribution is 5.66. The number of benzene rings is 1. The average Bonchev–Trinajstić information content (AvgIpc) is 2.48. The summed E-state index contributed by atoms with van der Waals surface area (Å²) in [6, 6.07) is 2.34. The van der Waals surface area contributed by atoms with E-state index in [4.69, 9.17) is 10.5 Å². The van der Waals surface area contributed by atoms with Crippen molar-refractivity contribution in [3.63, 3.8) is 0 Å². The highest BCUT2D eigenvalue weighted by Crippen LogP contribution is 2.36. The molecule has 1 aromatic rings. The third-order valence-electron chi connectivity index (χ3n) is 3.98. The van der Waals surface area contributed by atoms with Gasteiger partial charge in [0.05, 0.1) is 18.1 Å². The summed E-state index contributed by atoms with van der Waals surface area (Å²) in [4.78, 5) is 12.5. The van der Waals surface area contributed by atoms with Crippen LogP contribution in [0.2, 0.25) is 0 Å². The van der Waals surface area contributed by atoms with Crippen LogP contribution in [0.4, 0.5) is 15.8 Å². The fraction of sp³-hybridized carbons (Fsp3) is 0.571. The van der Waals surface area contributed by atoms with Gasteiger partial charge in [0.25, 0.3) is 5.69 Å². The SMILES string of the molecule is COc1cc(N2CCC(CCN)CC2)c([N+](=O)[O-])cc1F. The third-order valence-corrected chi connectivity index (χ3v) is 3.98. The molecule has 0 spiro atoms. The number of piperidine rings is 1. The Kier molecular flexibility index (Phi) is 4.95. The predicted molar refractivity (Wildman–Crippen MR) is 78.2 cm³/mol. The van der Waals surface area contributed by atoms with Gasteiger partial charge in [-0.3, -0.25) is 10.1 Å². The second-order valence-corrected chi connectivity index (χ2v) is 5.24. The summed E-state index contributed by atoms with van der Waals surface area (Å²) >= 11 is 0. The second-order valence-electron chi connectivity index (χ2n) is 5.24. The molecule has 1 aromatic carbocycles. The van der Waals surface area contributed by atoms with Gasteiger partial charge < -0.3 is 15.4 Å². The van der Waals surface area contributed by atoms with Gasteiger partial charge in [-0.15, -0.1) is 0 Å². The van der Waals surface area contributed by atoms with Crippen molar-refractivity contribution in [3.05, 3.63) is 28.1 Å². The number of nitro groups is 1. The van der Waals surface area contributed by atoms with Gasteiger partial charge in [0.2, 0.25) is 0 Å². The molecule has 0 unspecified atom stereocenters. The fourth-order valence-electron chi connectivity index (χ4n) is 2.79. The maximum Gasteiger partial charge on any atom is 0.295 e. The number of nitrogens with two attached hydrogens (primary N) is 1. The van der Waals surface area contributed by atoms with E-state index in [9.17, 15) is 14.5 Å². The smallest absolute Gasteiger partial charge is 0.295 e. The third kappa shape index (κ3) is 3.41. The molecule has 1 saturated heterocycles. The summed E-state index contributed by atoms with van der Waals surface area (Å²) in [6.45, 7) is 2.08. The lowest BCUT2D eigenvalue weighted by Gasteiger charge is -2.33. The Morgan fingerprint density at radius 1 is 1.48 bits per heavy atom. The zero-order valence-corrected chi connectivity index (χ0v) is 12.0. The first kappa shape index (κ1) is 15.5. The molecule has 2 N–H and O–H groups in total. The highest BCUT2D eigenvalue weighted by atomic mass is 19.1. The Morgan fingerprint density at radius 3 is 2.67 bits per heavy atom. The van der Waals surface area contributed by atoms with Gasteiger partial charge in [0, 0.05) is 19.2 Å². The van der Waals surface area contributed by atoms with Gasteiger partial charge >= 0.3 is 0 Å². The van der Waals surface area contributed by atoms with E-state index in [0.717, 1.165) is 25.3 Å². The van der Waals surface area contributed by atoms with Crippen LogP contribution in [0.25, 0.3) is 0 Å². The lowest BCUT2D eigenvalue weighted by atomic mass is 9.93. The molecule has 1 fully saturated rings. The minimum absolute atomic E-state index is 0.0275. The largest absolute Gasteiger partial charge is 0.494 e. The number of anilines is 1. The molecular weight excluding hydrogens is 277 g/mol. The van der Waals surface area contributed by atoms with Crippen LogP contribution in [0.15, 0.2) is 12.1 Å². The topological polar surface area (TPSA) is 81.6 Å². The Balaban J connectivity index is 2.24. The quantitative estimate of drug-likeness (QED) is 0.666. The standard InChI is InChI=1S/C14H20FN3O3/c1-21-14-9-12(13(18(19)20)8-11(14)15)17-6-3-10(2-5-16)4-7-17/h8-10H,2-7,16H2,1H3. The van der Waals surface area contributed by atoms with Gasteiger partial charge in [0.1, 0.15) is 5.69 Å². The predicted octanol–water partition coefficient (Wildman–Crippen LogP) is 2.31. The normalized spacial score (nSPS) is 16.0. The summed E-state index contributed by atoms with van der Waals surface area (Å²) in [5, 5.41) is 11.1. The average molecular weight is 297 g/mol. The van der Waals surface area contributed by atoms with Gasteiger partial charge in [-0.1, -0.05) is 0 Å². The second kappa shape index (κ2) is 6.71. The number of hydrogen-bond donors (Lipinski definition) is 1. The summed E-state index contributed by atoms with van der Waals surface area (Å²) in [7, 11) is 1.35. The molecule has 21 heavy (non-hydrogen) atoms. The molecule has 2 rings (SSSR count). The van der Waals surface area contributed by atoms with Crippen molar-refractivity contribution in [1.82, 2.24) is 0 Å². The number of ether oxygens (including phenoxy) is 1. The van der Waals surface area contributed by atoms with Crippen LogP contribution in [-0.2, 0) is 0 Å². The van der Waals surface area contributed by atoms with Crippen LogP contribution in [-0.4, -0.2) is 31.7 Å². The first-order chi connectivity index (χ1) is 10.1. The summed E-state index contributed by atoms with van der Waals surface area (Å²) < 4.78 is 18.6. The molecule has 1 heterocycles. The molecule has 1 aliphatic heterocycles. The molecule has 0 bridgehead atoms. The fourth-order valence-corrected chi connectivity index (χ4v) is 2.79. The van der Waals surface area contributed by atoms with Gasteiger partial charge in [-0.2, -0.15) is 0 Å². The van der Waals surface area contributed by atoms with Crippen molar-refractivity contribution in [1.29, 1.82) is 0 Å². The zero-order valence-electron chi connectivity index (χ0n) is 12.0. The van der Waals surface area contributed by atoms with Crippen LogP contribution in [0, 0.1) is 21.8 Å². The Bertz CT molecular complexity index is 516. The molecular formula is C14H20FN3O3. The van der Waals surface area contributed by atoms with Crippen LogP contribution < -0.4 is 15.4 Å². The van der Waals surface area contributed by atoms with Crippen molar-refractivity contribution in [3.8, 4) is 5.75 Å². The molecule has 0 aromatic heterocycles. The summed E-state index contributed by atoms with van der Waals surface area (Å²) in [5.41, 5.74) is 5.77. The van der Waals surface area contributed by atoms with Crippen molar-refractivity contribution in [2.45, 2.75) is 19.3 Å². The minimum atomic E-state index is -0.717. The summed E-state index contributed by atoms with van der Waals surface area (Å²) in [5.74, 6) is -0.127. The van der Waals surface area contributed by atoms with Crippen LogP contribution in [0.1, 0.15) is 19.3 Å². The maximum absolute atomic E-state index is 13.7. The van der Waals surface area contributed by atoms with Crippen molar-refractivity contribution in [2.75, 3.05) is 31.6 Å². The monoisotopic (exact) mass is 297 g/mol. The molecule has 0 aliphatic carbocycles. The number of nitrogens with zero attached hydrogens (tertiary/aromatic N) is 2. The first-order valence-corrected chi connectivity index (χ1v) is 7.03. The molecule has 1 aliphatic rings. The summed E-state index contributed by atoms with van der Waals surface area (Å²) in [6.07, 6.45) is 2.85. The van der Waals surface area contributed by atoms with Gasteiger partial charge in [-0.25, -0.2) is 4.39 Å². The van der Waals surface area contributed by atoms with E-state index >= 15 is 0 Å². The van der Waals surface area contributed by atoms with Crippen LogP contribution in [0.3, 0.4) is 0 Å².